The molecule has 1 amide bonds. The van der Waals surface area contributed by atoms with Gasteiger partial charge in [-0.1, -0.05) is 18.2 Å². The van der Waals surface area contributed by atoms with Gasteiger partial charge in [0.15, 0.2) is 0 Å². The van der Waals surface area contributed by atoms with Gasteiger partial charge >= 0.3 is 0 Å². The van der Waals surface area contributed by atoms with Crippen molar-refractivity contribution in [3.05, 3.63) is 59.9 Å². The quantitative estimate of drug-likeness (QED) is 0.835. The number of para-hydroxylation sites is 1. The maximum atomic E-state index is 12.9. The van der Waals surface area contributed by atoms with Crippen molar-refractivity contribution in [2.45, 2.75) is 6.04 Å². The highest BCUT2D eigenvalue weighted by Crippen LogP contribution is 2.39. The van der Waals surface area contributed by atoms with E-state index in [9.17, 15) is 9.18 Å². The highest BCUT2D eigenvalue weighted by molar-refractivity contribution is 6.09. The lowest BCUT2D eigenvalue weighted by atomic mass is 10.1. The second kappa shape index (κ2) is 3.92. The summed E-state index contributed by atoms with van der Waals surface area (Å²) < 4.78 is 12.9. The van der Waals surface area contributed by atoms with E-state index in [4.69, 9.17) is 5.73 Å². The van der Waals surface area contributed by atoms with Crippen LogP contribution >= 0.6 is 0 Å². The van der Waals surface area contributed by atoms with Crippen LogP contribution < -0.4 is 10.6 Å². The standard InChI is InChI=1S/C14H11FN2O/c15-9-5-7-10(8-6-9)17-12-4-2-1-3-11(12)13(16)14(17)18/h1-8,13H,16H2. The molecule has 3 rings (SSSR count). The van der Waals surface area contributed by atoms with Crippen molar-refractivity contribution in [3.8, 4) is 0 Å². The van der Waals surface area contributed by atoms with E-state index < -0.39 is 6.04 Å². The third-order valence-electron chi connectivity index (χ3n) is 3.08. The van der Waals surface area contributed by atoms with Gasteiger partial charge in [0.2, 0.25) is 0 Å². The third-order valence-corrected chi connectivity index (χ3v) is 3.08. The predicted molar refractivity (Wildman–Crippen MR) is 66.9 cm³/mol. The molecule has 0 saturated heterocycles. The first kappa shape index (κ1) is 10.9. The van der Waals surface area contributed by atoms with E-state index in [1.807, 2.05) is 24.3 Å². The van der Waals surface area contributed by atoms with Gasteiger partial charge in [0.1, 0.15) is 11.9 Å². The maximum absolute atomic E-state index is 12.9. The molecule has 3 nitrogen and oxygen atoms in total. The average Bonchev–Trinajstić information content (AvgIpc) is 2.64. The Labute approximate surface area is 104 Å². The van der Waals surface area contributed by atoms with Crippen LogP contribution in [-0.4, -0.2) is 5.91 Å². The SMILES string of the molecule is NC1C(=O)N(c2ccc(F)cc2)c2ccccc21. The molecule has 0 bridgehead atoms. The second-order valence-electron chi connectivity index (χ2n) is 4.19. The fraction of sp³-hybridized carbons (Fsp3) is 0.0714. The Morgan fingerprint density at radius 1 is 1.06 bits per heavy atom. The predicted octanol–water partition coefficient (Wildman–Crippen LogP) is 2.50. The molecule has 1 heterocycles. The lowest BCUT2D eigenvalue weighted by molar-refractivity contribution is -0.118. The monoisotopic (exact) mass is 242 g/mol. The summed E-state index contributed by atoms with van der Waals surface area (Å²) >= 11 is 0. The number of nitrogens with two attached hydrogens (primary N) is 1. The summed E-state index contributed by atoms with van der Waals surface area (Å²) in [5.74, 6) is -0.522. The van der Waals surface area contributed by atoms with Gasteiger partial charge in [0, 0.05) is 11.3 Å². The van der Waals surface area contributed by atoms with E-state index in [1.165, 1.54) is 17.0 Å². The van der Waals surface area contributed by atoms with Crippen LogP contribution in [0.15, 0.2) is 48.5 Å². The Morgan fingerprint density at radius 3 is 2.44 bits per heavy atom. The number of rotatable bonds is 1. The van der Waals surface area contributed by atoms with Crippen molar-refractivity contribution in [2.24, 2.45) is 5.73 Å². The van der Waals surface area contributed by atoms with Crippen molar-refractivity contribution in [1.29, 1.82) is 0 Å². The van der Waals surface area contributed by atoms with Gasteiger partial charge < -0.3 is 5.73 Å². The van der Waals surface area contributed by atoms with Gasteiger partial charge in [-0.25, -0.2) is 4.39 Å². The first-order valence-corrected chi connectivity index (χ1v) is 5.62. The second-order valence-corrected chi connectivity index (χ2v) is 4.19. The van der Waals surface area contributed by atoms with Crippen molar-refractivity contribution < 1.29 is 9.18 Å². The summed E-state index contributed by atoms with van der Waals surface area (Å²) in [4.78, 5) is 13.7. The van der Waals surface area contributed by atoms with E-state index in [0.29, 0.717) is 5.69 Å². The van der Waals surface area contributed by atoms with Crippen LogP contribution in [0.2, 0.25) is 0 Å². The summed E-state index contributed by atoms with van der Waals surface area (Å²) in [6.07, 6.45) is 0. The number of hydrogen-bond acceptors (Lipinski definition) is 2. The molecule has 0 aromatic heterocycles. The first-order valence-electron chi connectivity index (χ1n) is 5.62. The lowest BCUT2D eigenvalue weighted by Gasteiger charge is -2.17. The van der Waals surface area contributed by atoms with E-state index in [1.54, 1.807) is 12.1 Å². The largest absolute Gasteiger partial charge is 0.316 e. The zero-order valence-electron chi connectivity index (χ0n) is 9.51. The number of anilines is 2. The highest BCUT2D eigenvalue weighted by Gasteiger charge is 2.35. The minimum absolute atomic E-state index is 0.192. The molecular weight excluding hydrogens is 231 g/mol. The van der Waals surface area contributed by atoms with Crippen LogP contribution in [0.5, 0.6) is 0 Å². The molecule has 0 fully saturated rings. The number of nitrogens with zero attached hydrogens (tertiary/aromatic N) is 1. The summed E-state index contributed by atoms with van der Waals surface area (Å²) in [5.41, 5.74) is 8.07. The van der Waals surface area contributed by atoms with Crippen molar-refractivity contribution in [3.63, 3.8) is 0 Å². The van der Waals surface area contributed by atoms with Crippen LogP contribution in [0.4, 0.5) is 15.8 Å². The molecule has 90 valence electrons. The normalized spacial score (nSPS) is 18.0. The Bertz CT molecular complexity index is 609. The van der Waals surface area contributed by atoms with Crippen LogP contribution in [0.25, 0.3) is 0 Å². The van der Waals surface area contributed by atoms with Gasteiger partial charge in [-0.2, -0.15) is 0 Å². The number of halogens is 1. The fourth-order valence-corrected chi connectivity index (χ4v) is 2.20. The molecule has 0 aliphatic carbocycles. The van der Waals surface area contributed by atoms with E-state index >= 15 is 0 Å². The van der Waals surface area contributed by atoms with Gasteiger partial charge in [0.05, 0.1) is 5.69 Å². The molecule has 0 radical (unpaired) electrons. The Morgan fingerprint density at radius 2 is 1.72 bits per heavy atom. The molecule has 1 atom stereocenters. The number of benzene rings is 2. The van der Waals surface area contributed by atoms with Gasteiger partial charge in [-0.3, -0.25) is 9.69 Å². The lowest BCUT2D eigenvalue weighted by Crippen LogP contribution is -2.27. The fourth-order valence-electron chi connectivity index (χ4n) is 2.20. The molecule has 18 heavy (non-hydrogen) atoms. The Kier molecular flexibility index (Phi) is 2.38. The Balaban J connectivity index is 2.13. The third kappa shape index (κ3) is 1.50. The number of amides is 1. The Hall–Kier alpha value is -2.20. The first-order chi connectivity index (χ1) is 8.68. The van der Waals surface area contributed by atoms with Crippen LogP contribution in [0.1, 0.15) is 11.6 Å². The maximum Gasteiger partial charge on any atom is 0.253 e. The summed E-state index contributed by atoms with van der Waals surface area (Å²) in [6.45, 7) is 0. The molecule has 1 aliphatic heterocycles. The minimum Gasteiger partial charge on any atom is -0.316 e. The van der Waals surface area contributed by atoms with Crippen LogP contribution in [0.3, 0.4) is 0 Å². The van der Waals surface area contributed by atoms with Crippen molar-refractivity contribution >= 4 is 17.3 Å². The number of hydrogen-bond donors (Lipinski definition) is 1. The topological polar surface area (TPSA) is 46.3 Å². The molecule has 1 unspecified atom stereocenters. The average molecular weight is 242 g/mol. The number of fused-ring (bicyclic) bond motifs is 1. The smallest absolute Gasteiger partial charge is 0.253 e. The van der Waals surface area contributed by atoms with Crippen molar-refractivity contribution in [1.82, 2.24) is 0 Å². The zero-order chi connectivity index (χ0) is 12.7. The summed E-state index contributed by atoms with van der Waals surface area (Å²) in [5, 5.41) is 0. The number of carbonyl (C=O) groups excluding carboxylic acids is 1. The molecule has 2 aromatic carbocycles. The summed E-state index contributed by atoms with van der Waals surface area (Å²) in [6, 6.07) is 12.5. The zero-order valence-corrected chi connectivity index (χ0v) is 9.51. The highest BCUT2D eigenvalue weighted by atomic mass is 19.1. The molecule has 2 N–H and O–H groups in total. The van der Waals surface area contributed by atoms with Gasteiger partial charge in [-0.05, 0) is 30.3 Å². The molecule has 1 aliphatic rings. The van der Waals surface area contributed by atoms with Crippen LogP contribution in [0, 0.1) is 5.82 Å². The molecule has 0 saturated carbocycles. The number of carbonyl (C=O) groups is 1. The molecular formula is C14H11FN2O. The van der Waals surface area contributed by atoms with E-state index in [2.05, 4.69) is 0 Å². The van der Waals surface area contributed by atoms with Gasteiger partial charge in [0.25, 0.3) is 5.91 Å². The van der Waals surface area contributed by atoms with Crippen LogP contribution in [-0.2, 0) is 4.79 Å². The van der Waals surface area contributed by atoms with Gasteiger partial charge in [-0.15, -0.1) is 0 Å². The molecule has 2 aromatic rings. The van der Waals surface area contributed by atoms with E-state index in [-0.39, 0.29) is 11.7 Å². The van der Waals surface area contributed by atoms with E-state index in [0.717, 1.165) is 11.3 Å². The summed E-state index contributed by atoms with van der Waals surface area (Å²) in [7, 11) is 0. The molecule has 0 spiro atoms. The molecule has 4 heteroatoms. The minimum atomic E-state index is -0.647. The van der Waals surface area contributed by atoms with Crippen molar-refractivity contribution in [2.75, 3.05) is 4.90 Å².